The number of aromatic carboxylic acids is 1. The molecule has 1 aromatic rings. The van der Waals surface area contributed by atoms with Crippen LogP contribution in [-0.4, -0.2) is 22.0 Å². The molecule has 1 heterocycles. The molecule has 0 aliphatic rings. The average molecular weight is 227 g/mol. The zero-order valence-corrected chi connectivity index (χ0v) is 9.41. The highest BCUT2D eigenvalue weighted by molar-refractivity contribution is 7.15. The van der Waals surface area contributed by atoms with Crippen molar-refractivity contribution < 1.29 is 15.1 Å². The lowest BCUT2D eigenvalue weighted by atomic mass is 10.1. The van der Waals surface area contributed by atoms with Gasteiger partial charge in [0.1, 0.15) is 4.88 Å². The largest absolute Gasteiger partial charge is 0.477 e. The van der Waals surface area contributed by atoms with Gasteiger partial charge in [-0.1, -0.05) is 19.0 Å². The zero-order valence-electron chi connectivity index (χ0n) is 8.60. The minimum Gasteiger partial charge on any atom is -0.477 e. The average Bonchev–Trinajstić information content (AvgIpc) is 2.62. The third-order valence-corrected chi connectivity index (χ3v) is 2.95. The lowest BCUT2D eigenvalue weighted by Crippen LogP contribution is -2.03. The molecule has 0 aromatic carbocycles. The van der Waals surface area contributed by atoms with E-state index in [4.69, 9.17) is 10.3 Å². The zero-order chi connectivity index (χ0) is 11.4. The minimum atomic E-state index is -0.951. The second-order valence-electron chi connectivity index (χ2n) is 3.61. The molecule has 15 heavy (non-hydrogen) atoms. The molecule has 0 aliphatic heterocycles. The van der Waals surface area contributed by atoms with Crippen LogP contribution in [0.3, 0.4) is 0 Å². The van der Waals surface area contributed by atoms with Crippen molar-refractivity contribution in [1.29, 1.82) is 0 Å². The van der Waals surface area contributed by atoms with Gasteiger partial charge in [0.2, 0.25) is 0 Å². The molecule has 0 spiro atoms. The van der Waals surface area contributed by atoms with Gasteiger partial charge in [0.05, 0.1) is 10.6 Å². The molecule has 0 amide bonds. The normalized spacial score (nSPS) is 12.1. The first-order valence-corrected chi connectivity index (χ1v) is 5.40. The highest BCUT2D eigenvalue weighted by atomic mass is 32.1. The van der Waals surface area contributed by atoms with E-state index in [-0.39, 0.29) is 4.88 Å². The molecule has 0 radical (unpaired) electrons. The van der Waals surface area contributed by atoms with Gasteiger partial charge in [-0.2, -0.15) is 0 Å². The summed E-state index contributed by atoms with van der Waals surface area (Å²) in [4.78, 5) is 11.6. The summed E-state index contributed by atoms with van der Waals surface area (Å²) < 4.78 is 0. The first-order valence-electron chi connectivity index (χ1n) is 4.59. The summed E-state index contributed by atoms with van der Waals surface area (Å²) in [6.45, 7) is 4.02. The van der Waals surface area contributed by atoms with Crippen molar-refractivity contribution >= 4 is 23.0 Å². The number of carboxylic acid groups (broad SMARTS) is 1. The predicted molar refractivity (Wildman–Crippen MR) is 59.1 cm³/mol. The molecule has 0 saturated carbocycles. The Bertz CT molecular complexity index is 382. The number of hydrogen-bond acceptors (Lipinski definition) is 4. The number of nitrogens with zero attached hydrogens (tertiary/aromatic N) is 1. The summed E-state index contributed by atoms with van der Waals surface area (Å²) in [6, 6.07) is 3.19. The lowest BCUT2D eigenvalue weighted by Gasteiger charge is -2.04. The summed E-state index contributed by atoms with van der Waals surface area (Å²) >= 11 is 1.13. The van der Waals surface area contributed by atoms with E-state index in [0.29, 0.717) is 22.9 Å². The molecular weight excluding hydrogens is 214 g/mol. The topological polar surface area (TPSA) is 69.9 Å². The molecule has 4 nitrogen and oxygen atoms in total. The SMILES string of the molecule is CC(C)CC(=NO)c1ccc(C(=O)O)s1. The minimum absolute atomic E-state index is 0.259. The first kappa shape index (κ1) is 11.7. The van der Waals surface area contributed by atoms with Crippen molar-refractivity contribution in [2.45, 2.75) is 20.3 Å². The fraction of sp³-hybridized carbons (Fsp3) is 0.400. The highest BCUT2D eigenvalue weighted by Crippen LogP contribution is 2.20. The van der Waals surface area contributed by atoms with Crippen LogP contribution in [0, 0.1) is 5.92 Å². The van der Waals surface area contributed by atoms with Crippen molar-refractivity contribution in [3.63, 3.8) is 0 Å². The third-order valence-electron chi connectivity index (χ3n) is 1.82. The molecule has 5 heteroatoms. The van der Waals surface area contributed by atoms with Crippen LogP contribution in [0.2, 0.25) is 0 Å². The van der Waals surface area contributed by atoms with Gasteiger partial charge in [0.15, 0.2) is 0 Å². The Kier molecular flexibility index (Phi) is 3.85. The molecule has 0 fully saturated rings. The fourth-order valence-corrected chi connectivity index (χ4v) is 2.02. The van der Waals surface area contributed by atoms with Crippen LogP contribution in [0.1, 0.15) is 34.8 Å². The van der Waals surface area contributed by atoms with Gasteiger partial charge in [-0.05, 0) is 24.5 Å². The number of carbonyl (C=O) groups is 1. The van der Waals surface area contributed by atoms with E-state index in [2.05, 4.69) is 5.16 Å². The van der Waals surface area contributed by atoms with Crippen molar-refractivity contribution in [2.75, 3.05) is 0 Å². The van der Waals surface area contributed by atoms with E-state index in [1.165, 1.54) is 6.07 Å². The van der Waals surface area contributed by atoms with Gasteiger partial charge in [-0.15, -0.1) is 11.3 Å². The fourth-order valence-electron chi connectivity index (χ4n) is 1.19. The molecule has 1 aromatic heterocycles. The van der Waals surface area contributed by atoms with Gasteiger partial charge in [-0.3, -0.25) is 0 Å². The molecule has 0 bridgehead atoms. The van der Waals surface area contributed by atoms with Crippen molar-refractivity contribution in [1.82, 2.24) is 0 Å². The summed E-state index contributed by atoms with van der Waals surface area (Å²) in [7, 11) is 0. The van der Waals surface area contributed by atoms with E-state index in [0.717, 1.165) is 11.3 Å². The maximum Gasteiger partial charge on any atom is 0.345 e. The Morgan fingerprint density at radius 3 is 2.47 bits per heavy atom. The monoisotopic (exact) mass is 227 g/mol. The van der Waals surface area contributed by atoms with Crippen LogP contribution >= 0.6 is 11.3 Å². The second kappa shape index (κ2) is 4.93. The van der Waals surface area contributed by atoms with Gasteiger partial charge >= 0.3 is 5.97 Å². The lowest BCUT2D eigenvalue weighted by molar-refractivity contribution is 0.0702. The Morgan fingerprint density at radius 2 is 2.07 bits per heavy atom. The van der Waals surface area contributed by atoms with Crippen LogP contribution in [0.4, 0.5) is 0 Å². The van der Waals surface area contributed by atoms with Crippen molar-refractivity contribution in [2.24, 2.45) is 11.1 Å². The van der Waals surface area contributed by atoms with Gasteiger partial charge in [-0.25, -0.2) is 4.79 Å². The maximum atomic E-state index is 10.7. The predicted octanol–water partition coefficient (Wildman–Crippen LogP) is 2.67. The van der Waals surface area contributed by atoms with Gasteiger partial charge < -0.3 is 10.3 Å². The first-order chi connectivity index (χ1) is 7.04. The van der Waals surface area contributed by atoms with Crippen LogP contribution in [0.25, 0.3) is 0 Å². The summed E-state index contributed by atoms with van der Waals surface area (Å²) in [5.74, 6) is -0.584. The Hall–Kier alpha value is -1.36. The molecule has 0 unspecified atom stereocenters. The summed E-state index contributed by atoms with van der Waals surface area (Å²) in [5.41, 5.74) is 0.544. The highest BCUT2D eigenvalue weighted by Gasteiger charge is 2.12. The molecule has 0 atom stereocenters. The van der Waals surface area contributed by atoms with E-state index >= 15 is 0 Å². The van der Waals surface area contributed by atoms with Gasteiger partial charge in [0.25, 0.3) is 0 Å². The van der Waals surface area contributed by atoms with Crippen LogP contribution in [0.15, 0.2) is 17.3 Å². The van der Waals surface area contributed by atoms with Gasteiger partial charge in [0, 0.05) is 0 Å². The number of thiophene rings is 1. The summed E-state index contributed by atoms with van der Waals surface area (Å²) in [5, 5.41) is 20.8. The number of oxime groups is 1. The molecule has 82 valence electrons. The smallest absolute Gasteiger partial charge is 0.345 e. The Labute approximate surface area is 91.9 Å². The quantitative estimate of drug-likeness (QED) is 0.472. The number of hydrogen-bond donors (Lipinski definition) is 2. The van der Waals surface area contributed by atoms with Crippen LogP contribution in [0.5, 0.6) is 0 Å². The van der Waals surface area contributed by atoms with E-state index < -0.39 is 5.97 Å². The maximum absolute atomic E-state index is 10.7. The molecule has 2 N–H and O–H groups in total. The Morgan fingerprint density at radius 1 is 1.47 bits per heavy atom. The molecule has 0 aliphatic carbocycles. The third kappa shape index (κ3) is 3.06. The Balaban J connectivity index is 2.89. The number of carboxylic acids is 1. The van der Waals surface area contributed by atoms with E-state index in [1.807, 2.05) is 13.8 Å². The summed E-state index contributed by atoms with van der Waals surface area (Å²) in [6.07, 6.45) is 0.635. The van der Waals surface area contributed by atoms with Crippen molar-refractivity contribution in [3.05, 3.63) is 21.9 Å². The van der Waals surface area contributed by atoms with Crippen molar-refractivity contribution in [3.8, 4) is 0 Å². The second-order valence-corrected chi connectivity index (χ2v) is 4.70. The number of rotatable bonds is 4. The molecule has 1 rings (SSSR count). The van der Waals surface area contributed by atoms with Crippen LogP contribution in [-0.2, 0) is 0 Å². The van der Waals surface area contributed by atoms with E-state index in [1.54, 1.807) is 6.07 Å². The van der Waals surface area contributed by atoms with E-state index in [9.17, 15) is 4.79 Å². The standard InChI is InChI=1S/C10H13NO3S/c1-6(2)5-7(11-14)8-3-4-9(15-8)10(12)13/h3-4,6,14H,5H2,1-2H3,(H,12,13). The van der Waals surface area contributed by atoms with Crippen LogP contribution < -0.4 is 0 Å². The molecular formula is C10H13NO3S. The molecule has 0 saturated heterocycles.